The maximum absolute atomic E-state index is 12.8. The number of allylic oxidation sites excluding steroid dienone is 1. The topological polar surface area (TPSA) is 122 Å². The molecule has 1 atom stereocenters. The highest BCUT2D eigenvalue weighted by Crippen LogP contribution is 2.40. The molecule has 1 aliphatic carbocycles. The highest BCUT2D eigenvalue weighted by molar-refractivity contribution is 7.10. The van der Waals surface area contributed by atoms with E-state index in [9.17, 15) is 25.3 Å². The lowest BCUT2D eigenvalue weighted by atomic mass is 9.85. The van der Waals surface area contributed by atoms with Crippen LogP contribution >= 0.6 is 11.3 Å². The van der Waals surface area contributed by atoms with Crippen LogP contribution in [0.1, 0.15) is 27.6 Å². The fourth-order valence-corrected chi connectivity index (χ4v) is 4.16. The molecule has 8 nitrogen and oxygen atoms in total. The number of hydrogen-bond acceptors (Lipinski definition) is 7. The van der Waals surface area contributed by atoms with Crippen molar-refractivity contribution in [3.8, 4) is 11.8 Å². The van der Waals surface area contributed by atoms with Crippen LogP contribution in [0.4, 0.5) is 0 Å². The first kappa shape index (κ1) is 17.6. The Balaban J connectivity index is 2.02. The molecule has 0 spiro atoms. The number of benzene rings is 1. The van der Waals surface area contributed by atoms with E-state index < -0.39 is 22.2 Å². The highest BCUT2D eigenvalue weighted by Gasteiger charge is 2.40. The van der Waals surface area contributed by atoms with Gasteiger partial charge in [0, 0.05) is 10.4 Å². The first-order valence-corrected chi connectivity index (χ1v) is 9.14. The summed E-state index contributed by atoms with van der Waals surface area (Å²) in [6.07, 6.45) is 0.0387. The number of hydrogen-bond donors (Lipinski definition) is 1. The van der Waals surface area contributed by atoms with Crippen LogP contribution in [-0.4, -0.2) is 19.8 Å². The molecule has 0 saturated heterocycles. The zero-order valence-electron chi connectivity index (χ0n) is 14.3. The minimum atomic E-state index is -0.761. The highest BCUT2D eigenvalue weighted by atomic mass is 32.1. The second-order valence-electron chi connectivity index (χ2n) is 6.13. The molecule has 0 bridgehead atoms. The summed E-state index contributed by atoms with van der Waals surface area (Å²) in [6, 6.07) is 13.7. The van der Waals surface area contributed by atoms with Gasteiger partial charge in [0.25, 0.3) is 11.3 Å². The quantitative estimate of drug-likeness (QED) is 0.540. The lowest BCUT2D eigenvalue weighted by molar-refractivity contribution is -0.430. The molecule has 28 heavy (non-hydrogen) atoms. The van der Waals surface area contributed by atoms with Gasteiger partial charge in [0.05, 0.1) is 16.5 Å². The van der Waals surface area contributed by atoms with E-state index in [1.165, 1.54) is 11.3 Å². The van der Waals surface area contributed by atoms with Crippen molar-refractivity contribution < 1.29 is 10.0 Å². The van der Waals surface area contributed by atoms with Gasteiger partial charge in [-0.2, -0.15) is 15.0 Å². The Morgan fingerprint density at radius 2 is 2.04 bits per heavy atom. The van der Waals surface area contributed by atoms with Crippen LogP contribution < -0.4 is 5.56 Å². The van der Waals surface area contributed by atoms with Crippen molar-refractivity contribution in [3.05, 3.63) is 95.7 Å². The number of aliphatic hydroxyl groups excluding tert-OH is 1. The van der Waals surface area contributed by atoms with Crippen molar-refractivity contribution in [2.75, 3.05) is 0 Å². The van der Waals surface area contributed by atoms with Crippen molar-refractivity contribution in [1.29, 1.82) is 5.26 Å². The van der Waals surface area contributed by atoms with Crippen molar-refractivity contribution in [1.82, 2.24) is 9.78 Å². The maximum Gasteiger partial charge on any atom is 0.298 e. The van der Waals surface area contributed by atoms with Crippen LogP contribution in [0.25, 0.3) is 11.4 Å². The molecule has 0 aliphatic heterocycles. The van der Waals surface area contributed by atoms with Gasteiger partial charge in [-0.25, -0.2) is 0 Å². The van der Waals surface area contributed by atoms with Crippen LogP contribution in [0.3, 0.4) is 0 Å². The summed E-state index contributed by atoms with van der Waals surface area (Å²) >= 11 is 1.31. The summed E-state index contributed by atoms with van der Waals surface area (Å²) in [5.74, 6) is -1.38. The number of thiophene rings is 1. The fourth-order valence-electron chi connectivity index (χ4n) is 3.33. The molecule has 1 unspecified atom stereocenters. The smallest absolute Gasteiger partial charge is 0.298 e. The normalized spacial score (nSPS) is 15.8. The molecule has 2 aromatic heterocycles. The van der Waals surface area contributed by atoms with Gasteiger partial charge >= 0.3 is 0 Å². The number of nitrogens with zero attached hydrogens (tertiary/aromatic N) is 4. The third-order valence-corrected chi connectivity index (χ3v) is 5.58. The Bertz CT molecular complexity index is 1210. The van der Waals surface area contributed by atoms with Gasteiger partial charge in [-0.1, -0.05) is 24.3 Å². The van der Waals surface area contributed by atoms with Crippen molar-refractivity contribution >= 4 is 17.1 Å². The zero-order valence-corrected chi connectivity index (χ0v) is 15.1. The van der Waals surface area contributed by atoms with Gasteiger partial charge in [-0.15, -0.1) is 11.3 Å². The summed E-state index contributed by atoms with van der Waals surface area (Å²) < 4.78 is 0.983. The summed E-state index contributed by atoms with van der Waals surface area (Å²) in [4.78, 5) is 24.6. The summed E-state index contributed by atoms with van der Waals surface area (Å²) in [6.45, 7) is 0. The van der Waals surface area contributed by atoms with E-state index >= 15 is 0 Å². The van der Waals surface area contributed by atoms with Gasteiger partial charge in [0.2, 0.25) is 5.76 Å². The molecular formula is C19H12N4O4S. The van der Waals surface area contributed by atoms with Crippen molar-refractivity contribution in [2.45, 2.75) is 12.3 Å². The van der Waals surface area contributed by atoms with E-state index in [1.54, 1.807) is 47.8 Å². The predicted octanol–water partition coefficient (Wildman–Crippen LogP) is 3.01. The van der Waals surface area contributed by atoms with E-state index in [0.29, 0.717) is 10.6 Å². The van der Waals surface area contributed by atoms with Gasteiger partial charge in [-0.3, -0.25) is 14.9 Å². The molecular weight excluding hydrogens is 380 g/mol. The number of para-hydroxylation sites is 1. The Kier molecular flexibility index (Phi) is 4.25. The van der Waals surface area contributed by atoms with Gasteiger partial charge < -0.3 is 5.11 Å². The standard InChI is InChI=1S/C19H12N4O4S/c20-10-14-12-9-13(15-7-4-8-28-15)17(23(26)27)18(24)16(12)21-22(19(14)25)11-5-2-1-3-6-11/h1-8,13,24H,9H2. The minimum absolute atomic E-state index is 0.0387. The van der Waals surface area contributed by atoms with E-state index in [4.69, 9.17) is 0 Å². The molecule has 3 aromatic rings. The Hall–Kier alpha value is -3.77. The first-order valence-electron chi connectivity index (χ1n) is 8.26. The third-order valence-electron chi connectivity index (χ3n) is 4.59. The van der Waals surface area contributed by atoms with E-state index in [2.05, 4.69) is 5.10 Å². The van der Waals surface area contributed by atoms with E-state index in [1.807, 2.05) is 6.07 Å². The Morgan fingerprint density at radius 3 is 2.64 bits per heavy atom. The van der Waals surface area contributed by atoms with E-state index in [0.717, 1.165) is 4.68 Å². The second-order valence-corrected chi connectivity index (χ2v) is 7.11. The molecule has 1 N–H and O–H groups in total. The number of aromatic nitrogens is 2. The molecule has 2 heterocycles. The third kappa shape index (κ3) is 2.67. The molecule has 138 valence electrons. The molecule has 1 aliphatic rings. The van der Waals surface area contributed by atoms with Crippen molar-refractivity contribution in [2.24, 2.45) is 0 Å². The largest absolute Gasteiger partial charge is 0.501 e. The van der Waals surface area contributed by atoms with Crippen LogP contribution in [-0.2, 0) is 6.42 Å². The molecule has 1 aromatic carbocycles. The van der Waals surface area contributed by atoms with Crippen molar-refractivity contribution in [3.63, 3.8) is 0 Å². The molecule has 0 fully saturated rings. The SMILES string of the molecule is N#Cc1c2c(nn(-c3ccccc3)c1=O)C(O)=C([N+](=O)[O-])C(c1cccs1)C2. The second kappa shape index (κ2) is 6.75. The average molecular weight is 392 g/mol. The Labute approximate surface area is 162 Å². The average Bonchev–Trinajstić information content (AvgIpc) is 3.22. The summed E-state index contributed by atoms with van der Waals surface area (Å²) in [5, 5.41) is 37.9. The number of aliphatic hydroxyl groups is 1. The lowest BCUT2D eigenvalue weighted by Gasteiger charge is -2.22. The number of nitro groups is 1. The first-order chi connectivity index (χ1) is 13.5. The summed E-state index contributed by atoms with van der Waals surface area (Å²) in [5.41, 5.74) is -0.688. The molecule has 0 saturated carbocycles. The van der Waals surface area contributed by atoms with Crippen LogP contribution in [0.2, 0.25) is 0 Å². The zero-order chi connectivity index (χ0) is 19.8. The number of rotatable bonds is 3. The fraction of sp³-hybridized carbons (Fsp3) is 0.105. The molecule has 4 rings (SSSR count). The molecule has 0 amide bonds. The Morgan fingerprint density at radius 1 is 1.29 bits per heavy atom. The van der Waals surface area contributed by atoms with Gasteiger partial charge in [-0.05, 0) is 30.0 Å². The predicted molar refractivity (Wildman–Crippen MR) is 102 cm³/mol. The summed E-state index contributed by atoms with van der Waals surface area (Å²) in [7, 11) is 0. The molecule has 9 heteroatoms. The monoisotopic (exact) mass is 392 g/mol. The van der Waals surface area contributed by atoms with Crippen LogP contribution in [0.15, 0.2) is 58.3 Å². The number of nitriles is 1. The van der Waals surface area contributed by atoms with Gasteiger partial charge in [0.15, 0.2) is 0 Å². The lowest BCUT2D eigenvalue weighted by Crippen LogP contribution is -2.31. The van der Waals surface area contributed by atoms with Crippen LogP contribution in [0.5, 0.6) is 0 Å². The van der Waals surface area contributed by atoms with Crippen LogP contribution in [0, 0.1) is 21.4 Å². The maximum atomic E-state index is 12.8. The number of fused-ring (bicyclic) bond motifs is 1. The molecule has 0 radical (unpaired) electrons. The van der Waals surface area contributed by atoms with Gasteiger partial charge in [0.1, 0.15) is 17.3 Å². The minimum Gasteiger partial charge on any atom is -0.501 e. The van der Waals surface area contributed by atoms with E-state index in [-0.39, 0.29) is 28.9 Å².